The fraction of sp³-hybridized carbons (Fsp3) is 0.647. The highest BCUT2D eigenvalue weighted by Crippen LogP contribution is 2.41. The molecule has 20 heavy (non-hydrogen) atoms. The second kappa shape index (κ2) is 6.36. The quantitative estimate of drug-likeness (QED) is 0.811. The lowest BCUT2D eigenvalue weighted by molar-refractivity contribution is -0.0588. The molecular weight excluding hydrogens is 270 g/mol. The first-order valence-corrected chi connectivity index (χ1v) is 8.40. The van der Waals surface area contributed by atoms with Gasteiger partial charge in [0.1, 0.15) is 0 Å². The van der Waals surface area contributed by atoms with Gasteiger partial charge in [-0.05, 0) is 43.4 Å². The van der Waals surface area contributed by atoms with Gasteiger partial charge in [-0.3, -0.25) is 0 Å². The van der Waals surface area contributed by atoms with Gasteiger partial charge < -0.3 is 10.1 Å². The summed E-state index contributed by atoms with van der Waals surface area (Å²) in [6, 6.07) is 8.33. The maximum Gasteiger partial charge on any atom is 0.0756 e. The van der Waals surface area contributed by atoms with Crippen LogP contribution in [-0.2, 0) is 10.6 Å². The first kappa shape index (κ1) is 14.2. The summed E-state index contributed by atoms with van der Waals surface area (Å²) in [6.45, 7) is 0.910. The van der Waals surface area contributed by atoms with E-state index in [1.165, 1.54) is 44.9 Å². The normalized spacial score (nSPS) is 24.9. The predicted molar refractivity (Wildman–Crippen MR) is 84.4 cm³/mol. The van der Waals surface area contributed by atoms with E-state index < -0.39 is 0 Å². The third-order valence-electron chi connectivity index (χ3n) is 4.72. The largest absolute Gasteiger partial charge is 0.382 e. The van der Waals surface area contributed by atoms with E-state index in [4.69, 9.17) is 16.3 Å². The first-order valence-electron chi connectivity index (χ1n) is 7.86. The number of ether oxygens (including phenoxy) is 1. The molecule has 1 aromatic rings. The molecule has 0 amide bonds. The lowest BCUT2D eigenvalue weighted by Crippen LogP contribution is -2.33. The van der Waals surface area contributed by atoms with E-state index in [0.717, 1.165) is 17.8 Å². The molecule has 1 N–H and O–H groups in total. The van der Waals surface area contributed by atoms with E-state index in [0.29, 0.717) is 12.0 Å². The van der Waals surface area contributed by atoms with Gasteiger partial charge in [0.25, 0.3) is 0 Å². The van der Waals surface area contributed by atoms with Crippen LogP contribution in [0.3, 0.4) is 0 Å². The van der Waals surface area contributed by atoms with Crippen molar-refractivity contribution in [2.75, 3.05) is 11.9 Å². The van der Waals surface area contributed by atoms with Gasteiger partial charge in [-0.1, -0.05) is 31.4 Å². The van der Waals surface area contributed by atoms with Gasteiger partial charge in [-0.25, -0.2) is 0 Å². The molecule has 3 rings (SSSR count). The summed E-state index contributed by atoms with van der Waals surface area (Å²) in [5, 5.41) is 3.50. The number of nitrogens with one attached hydrogen (secondary N) is 1. The van der Waals surface area contributed by atoms with Crippen LogP contribution in [0.5, 0.6) is 0 Å². The smallest absolute Gasteiger partial charge is 0.0756 e. The minimum Gasteiger partial charge on any atom is -0.382 e. The maximum absolute atomic E-state index is 6.38. The van der Waals surface area contributed by atoms with Crippen LogP contribution in [-0.4, -0.2) is 18.2 Å². The molecule has 0 aromatic heterocycles. The Balaban J connectivity index is 1.51. The lowest BCUT2D eigenvalue weighted by atomic mass is 9.83. The molecule has 2 nitrogen and oxygen atoms in total. The number of halogens is 1. The van der Waals surface area contributed by atoms with Crippen LogP contribution >= 0.6 is 11.6 Å². The molecule has 1 spiro atoms. The predicted octanol–water partition coefficient (Wildman–Crippen LogP) is 4.72. The highest BCUT2D eigenvalue weighted by molar-refractivity contribution is 6.17. The van der Waals surface area contributed by atoms with Crippen molar-refractivity contribution < 1.29 is 4.74 Å². The Morgan fingerprint density at radius 1 is 1.20 bits per heavy atom. The van der Waals surface area contributed by atoms with E-state index >= 15 is 0 Å². The number of benzene rings is 1. The molecule has 1 aliphatic carbocycles. The van der Waals surface area contributed by atoms with Crippen molar-refractivity contribution >= 4 is 17.3 Å². The number of rotatable bonds is 4. The summed E-state index contributed by atoms with van der Waals surface area (Å²) in [6.07, 6.45) is 9.43. The van der Waals surface area contributed by atoms with Crippen LogP contribution in [0.1, 0.15) is 50.5 Å². The molecule has 110 valence electrons. The van der Waals surface area contributed by atoms with Gasteiger partial charge in [0.15, 0.2) is 0 Å². The van der Waals surface area contributed by atoms with Gasteiger partial charge in [-0.15, -0.1) is 11.6 Å². The van der Waals surface area contributed by atoms with Crippen LogP contribution in [0.2, 0.25) is 0 Å². The zero-order valence-electron chi connectivity index (χ0n) is 12.0. The fourth-order valence-corrected chi connectivity index (χ4v) is 3.77. The van der Waals surface area contributed by atoms with Gasteiger partial charge in [0.05, 0.1) is 11.7 Å². The Morgan fingerprint density at radius 3 is 2.85 bits per heavy atom. The molecule has 1 unspecified atom stereocenters. The van der Waals surface area contributed by atoms with Gasteiger partial charge in [0.2, 0.25) is 0 Å². The molecule has 1 aromatic carbocycles. The van der Waals surface area contributed by atoms with Crippen molar-refractivity contribution in [1.82, 2.24) is 0 Å². The van der Waals surface area contributed by atoms with E-state index in [1.54, 1.807) is 0 Å². The Hall–Kier alpha value is -0.730. The highest BCUT2D eigenvalue weighted by atomic mass is 35.5. The third-order valence-corrected chi connectivity index (χ3v) is 5.03. The zero-order valence-corrected chi connectivity index (χ0v) is 12.8. The average Bonchev–Trinajstić information content (AvgIpc) is 2.89. The summed E-state index contributed by atoms with van der Waals surface area (Å²) in [4.78, 5) is 0. The number of alkyl halides is 1. The molecule has 2 fully saturated rings. The lowest BCUT2D eigenvalue weighted by Gasteiger charge is -2.33. The number of hydrogen-bond donors (Lipinski definition) is 1. The molecule has 2 aliphatic rings. The zero-order chi connectivity index (χ0) is 13.8. The fourth-order valence-electron chi connectivity index (χ4n) is 3.60. The van der Waals surface area contributed by atoms with Gasteiger partial charge in [-0.2, -0.15) is 0 Å². The van der Waals surface area contributed by atoms with Crippen molar-refractivity contribution in [3.8, 4) is 0 Å². The number of hydrogen-bond acceptors (Lipinski definition) is 2. The van der Waals surface area contributed by atoms with Crippen molar-refractivity contribution in [2.24, 2.45) is 0 Å². The SMILES string of the molecule is ClCc1cccc(NCC2CCC3(CCCCC3)O2)c1. The molecule has 3 heteroatoms. The summed E-state index contributed by atoms with van der Waals surface area (Å²) in [7, 11) is 0. The van der Waals surface area contributed by atoms with Crippen LogP contribution < -0.4 is 5.32 Å². The summed E-state index contributed by atoms with van der Waals surface area (Å²) < 4.78 is 6.38. The minimum atomic E-state index is 0.225. The van der Waals surface area contributed by atoms with Crippen molar-refractivity contribution in [3.63, 3.8) is 0 Å². The standard InChI is InChI=1S/C17H24ClNO/c18-12-14-5-4-6-15(11-14)19-13-16-7-10-17(20-16)8-2-1-3-9-17/h4-6,11,16,19H,1-3,7-10,12-13H2. The molecule has 1 saturated heterocycles. The van der Waals surface area contributed by atoms with Crippen LogP contribution in [0.4, 0.5) is 5.69 Å². The van der Waals surface area contributed by atoms with Crippen molar-refractivity contribution in [2.45, 2.75) is 62.5 Å². The van der Waals surface area contributed by atoms with E-state index in [9.17, 15) is 0 Å². The Bertz CT molecular complexity index is 442. The Kier molecular flexibility index (Phi) is 4.52. The second-order valence-corrected chi connectivity index (χ2v) is 6.50. The summed E-state index contributed by atoms with van der Waals surface area (Å²) >= 11 is 5.87. The highest BCUT2D eigenvalue weighted by Gasteiger charge is 2.40. The Labute approximate surface area is 126 Å². The maximum atomic E-state index is 6.38. The van der Waals surface area contributed by atoms with E-state index in [2.05, 4.69) is 29.6 Å². The molecule has 0 bridgehead atoms. The van der Waals surface area contributed by atoms with Gasteiger partial charge in [0, 0.05) is 18.1 Å². The van der Waals surface area contributed by atoms with Gasteiger partial charge >= 0.3 is 0 Å². The average molecular weight is 294 g/mol. The second-order valence-electron chi connectivity index (χ2n) is 6.24. The molecule has 1 saturated carbocycles. The molecule has 1 aliphatic heterocycles. The first-order chi connectivity index (χ1) is 9.80. The summed E-state index contributed by atoms with van der Waals surface area (Å²) in [5.74, 6) is 0.568. The van der Waals surface area contributed by atoms with E-state index in [1.807, 2.05) is 0 Å². The molecule has 1 atom stereocenters. The molecular formula is C17H24ClNO. The Morgan fingerprint density at radius 2 is 2.05 bits per heavy atom. The topological polar surface area (TPSA) is 21.3 Å². The minimum absolute atomic E-state index is 0.225. The summed E-state index contributed by atoms with van der Waals surface area (Å²) in [5.41, 5.74) is 2.53. The van der Waals surface area contributed by atoms with Crippen molar-refractivity contribution in [1.29, 1.82) is 0 Å². The molecule has 1 heterocycles. The van der Waals surface area contributed by atoms with Crippen LogP contribution in [0.25, 0.3) is 0 Å². The van der Waals surface area contributed by atoms with Crippen LogP contribution in [0.15, 0.2) is 24.3 Å². The van der Waals surface area contributed by atoms with Crippen LogP contribution in [0, 0.1) is 0 Å². The van der Waals surface area contributed by atoms with Crippen molar-refractivity contribution in [3.05, 3.63) is 29.8 Å². The number of anilines is 1. The monoisotopic (exact) mass is 293 g/mol. The third kappa shape index (κ3) is 3.29. The van der Waals surface area contributed by atoms with E-state index in [-0.39, 0.29) is 5.60 Å². The molecule has 0 radical (unpaired) electrons.